The third-order valence-corrected chi connectivity index (χ3v) is 4.19. The molecule has 7 heteroatoms. The van der Waals surface area contributed by atoms with E-state index in [0.29, 0.717) is 13.1 Å². The number of nitrogens with one attached hydrogen (secondary N) is 1. The molecule has 0 aromatic rings. The molecule has 2 fully saturated rings. The number of nitrogens with zero attached hydrogens (tertiary/aromatic N) is 2. The van der Waals surface area contributed by atoms with Crippen LogP contribution in [0.25, 0.3) is 0 Å². The number of hydrogen-bond donors (Lipinski definition) is 1. The van der Waals surface area contributed by atoms with Crippen molar-refractivity contribution in [2.75, 3.05) is 37.7 Å². The molecule has 0 saturated carbocycles. The lowest BCUT2D eigenvalue weighted by atomic mass is 10.1. The van der Waals surface area contributed by atoms with Crippen molar-refractivity contribution in [3.63, 3.8) is 0 Å². The topological polar surface area (TPSA) is 69.7 Å². The number of amides is 4. The van der Waals surface area contributed by atoms with Crippen molar-refractivity contribution in [1.29, 1.82) is 0 Å². The molecule has 2 saturated heterocycles. The third-order valence-electron chi connectivity index (χ3n) is 3.25. The maximum absolute atomic E-state index is 11.8. The lowest BCUT2D eigenvalue weighted by molar-refractivity contribution is -0.141. The van der Waals surface area contributed by atoms with Gasteiger partial charge in [0.05, 0.1) is 0 Å². The van der Waals surface area contributed by atoms with Crippen LogP contribution in [0.2, 0.25) is 0 Å². The highest BCUT2D eigenvalue weighted by Crippen LogP contribution is 2.12. The van der Waals surface area contributed by atoms with Gasteiger partial charge in [0.25, 0.3) is 0 Å². The number of imide groups is 2. The molecule has 4 amide bonds. The maximum atomic E-state index is 11.8. The van der Waals surface area contributed by atoms with Crippen LogP contribution in [0, 0.1) is 5.92 Å². The molecular weight excluding hydrogens is 254 g/mol. The first-order valence-electron chi connectivity index (χ1n) is 6.06. The Morgan fingerprint density at radius 1 is 1.22 bits per heavy atom. The zero-order valence-electron chi connectivity index (χ0n) is 10.3. The highest BCUT2D eigenvalue weighted by Gasteiger charge is 2.37. The molecule has 2 aliphatic heterocycles. The van der Waals surface area contributed by atoms with Gasteiger partial charge < -0.3 is 0 Å². The van der Waals surface area contributed by atoms with E-state index in [2.05, 4.69) is 10.2 Å². The van der Waals surface area contributed by atoms with E-state index < -0.39 is 23.8 Å². The van der Waals surface area contributed by atoms with Crippen LogP contribution < -0.4 is 5.32 Å². The number of carbonyl (C=O) groups is 3. The second-order valence-electron chi connectivity index (χ2n) is 4.46. The molecule has 1 N–H and O–H groups in total. The van der Waals surface area contributed by atoms with Gasteiger partial charge in [-0.05, 0) is 6.92 Å². The summed E-state index contributed by atoms with van der Waals surface area (Å²) in [6, 6.07) is -0.588. The number of urea groups is 1. The molecule has 18 heavy (non-hydrogen) atoms. The van der Waals surface area contributed by atoms with Gasteiger partial charge in [0.15, 0.2) is 0 Å². The minimum Gasteiger partial charge on any atom is -0.300 e. The summed E-state index contributed by atoms with van der Waals surface area (Å²) in [6.45, 7) is 4.54. The number of barbiturate groups is 1. The first-order valence-corrected chi connectivity index (χ1v) is 7.21. The van der Waals surface area contributed by atoms with Gasteiger partial charge in [-0.25, -0.2) is 4.79 Å². The van der Waals surface area contributed by atoms with E-state index in [9.17, 15) is 14.4 Å². The second-order valence-corrected chi connectivity index (χ2v) is 5.68. The van der Waals surface area contributed by atoms with Gasteiger partial charge in [-0.1, -0.05) is 0 Å². The van der Waals surface area contributed by atoms with Crippen LogP contribution in [0.1, 0.15) is 6.92 Å². The lowest BCUT2D eigenvalue weighted by Gasteiger charge is -2.32. The van der Waals surface area contributed by atoms with Crippen LogP contribution in [-0.2, 0) is 9.59 Å². The minimum absolute atomic E-state index is 0.354. The summed E-state index contributed by atoms with van der Waals surface area (Å²) in [6.07, 6.45) is 0. The molecule has 1 unspecified atom stereocenters. The predicted molar refractivity (Wildman–Crippen MR) is 68.2 cm³/mol. The largest absolute Gasteiger partial charge is 0.330 e. The van der Waals surface area contributed by atoms with Crippen LogP contribution in [0.5, 0.6) is 0 Å². The van der Waals surface area contributed by atoms with Crippen LogP contribution in [0.15, 0.2) is 0 Å². The van der Waals surface area contributed by atoms with Crippen molar-refractivity contribution in [2.24, 2.45) is 5.92 Å². The SMILES string of the molecule is CC1C(=O)NC(=O)N(CCN2CCSCC2)C1=O. The summed E-state index contributed by atoms with van der Waals surface area (Å²) < 4.78 is 0. The van der Waals surface area contributed by atoms with Crippen LogP contribution in [0.4, 0.5) is 4.79 Å². The van der Waals surface area contributed by atoms with E-state index in [-0.39, 0.29) is 0 Å². The van der Waals surface area contributed by atoms with Gasteiger partial charge in [-0.2, -0.15) is 11.8 Å². The fourth-order valence-electron chi connectivity index (χ4n) is 2.01. The van der Waals surface area contributed by atoms with E-state index in [1.54, 1.807) is 0 Å². The molecule has 2 heterocycles. The fraction of sp³-hybridized carbons (Fsp3) is 0.727. The molecule has 0 aromatic carbocycles. The summed E-state index contributed by atoms with van der Waals surface area (Å²) in [5.41, 5.74) is 0. The quantitative estimate of drug-likeness (QED) is 0.717. The Labute approximate surface area is 110 Å². The predicted octanol–water partition coefficient (Wildman–Crippen LogP) is -0.250. The van der Waals surface area contributed by atoms with Crippen LogP contribution in [0.3, 0.4) is 0 Å². The zero-order valence-corrected chi connectivity index (χ0v) is 11.2. The molecular formula is C11H17N3O3S. The molecule has 1 atom stereocenters. The lowest BCUT2D eigenvalue weighted by Crippen LogP contribution is -2.58. The van der Waals surface area contributed by atoms with Crippen molar-refractivity contribution >= 4 is 29.6 Å². The number of carbonyl (C=O) groups excluding carboxylic acids is 3. The maximum Gasteiger partial charge on any atom is 0.330 e. The fourth-order valence-corrected chi connectivity index (χ4v) is 2.98. The van der Waals surface area contributed by atoms with Gasteiger partial charge >= 0.3 is 6.03 Å². The van der Waals surface area contributed by atoms with Crippen molar-refractivity contribution in [2.45, 2.75) is 6.92 Å². The summed E-state index contributed by atoms with van der Waals surface area (Å²) >= 11 is 1.92. The Morgan fingerprint density at radius 3 is 2.56 bits per heavy atom. The van der Waals surface area contributed by atoms with Crippen LogP contribution >= 0.6 is 11.8 Å². The summed E-state index contributed by atoms with van der Waals surface area (Å²) in [5, 5.41) is 2.20. The first-order chi connectivity index (χ1) is 8.59. The number of thioether (sulfide) groups is 1. The Hall–Kier alpha value is -1.08. The molecule has 100 valence electrons. The van der Waals surface area contributed by atoms with E-state index in [1.165, 1.54) is 6.92 Å². The van der Waals surface area contributed by atoms with E-state index in [4.69, 9.17) is 0 Å². The van der Waals surface area contributed by atoms with Crippen LogP contribution in [-0.4, -0.2) is 65.3 Å². The number of rotatable bonds is 3. The number of hydrogen-bond acceptors (Lipinski definition) is 5. The summed E-state index contributed by atoms with van der Waals surface area (Å²) in [5.74, 6) is 0.523. The van der Waals surface area contributed by atoms with E-state index in [1.807, 2.05) is 11.8 Å². The standard InChI is InChI=1S/C11H17N3O3S/c1-8-9(15)12-11(17)14(10(8)16)3-2-13-4-6-18-7-5-13/h8H,2-7H2,1H3,(H,12,15,17). The molecule has 0 aliphatic carbocycles. The molecule has 0 aromatic heterocycles. The van der Waals surface area contributed by atoms with Crippen molar-refractivity contribution in [3.05, 3.63) is 0 Å². The second kappa shape index (κ2) is 5.71. The van der Waals surface area contributed by atoms with Gasteiger partial charge in [-0.3, -0.25) is 24.7 Å². The van der Waals surface area contributed by atoms with E-state index in [0.717, 1.165) is 29.5 Å². The van der Waals surface area contributed by atoms with Gasteiger partial charge in [-0.15, -0.1) is 0 Å². The smallest absolute Gasteiger partial charge is 0.300 e. The normalized spacial score (nSPS) is 26.4. The Morgan fingerprint density at radius 2 is 1.89 bits per heavy atom. The van der Waals surface area contributed by atoms with Gasteiger partial charge in [0, 0.05) is 37.7 Å². The Balaban J connectivity index is 1.89. The molecule has 2 aliphatic rings. The highest BCUT2D eigenvalue weighted by molar-refractivity contribution is 7.99. The van der Waals surface area contributed by atoms with E-state index >= 15 is 0 Å². The molecule has 0 bridgehead atoms. The summed E-state index contributed by atoms with van der Waals surface area (Å²) in [4.78, 5) is 38.1. The van der Waals surface area contributed by atoms with Crippen molar-refractivity contribution in [3.8, 4) is 0 Å². The Bertz CT molecular complexity index is 369. The zero-order chi connectivity index (χ0) is 13.1. The monoisotopic (exact) mass is 271 g/mol. The Kier molecular flexibility index (Phi) is 4.23. The van der Waals surface area contributed by atoms with Crippen molar-refractivity contribution in [1.82, 2.24) is 15.1 Å². The van der Waals surface area contributed by atoms with Crippen molar-refractivity contribution < 1.29 is 14.4 Å². The third kappa shape index (κ3) is 2.84. The molecule has 0 spiro atoms. The van der Waals surface area contributed by atoms with Gasteiger partial charge in [0.1, 0.15) is 5.92 Å². The highest BCUT2D eigenvalue weighted by atomic mass is 32.2. The molecule has 6 nitrogen and oxygen atoms in total. The average molecular weight is 271 g/mol. The van der Waals surface area contributed by atoms with Gasteiger partial charge in [0.2, 0.25) is 11.8 Å². The summed E-state index contributed by atoms with van der Waals surface area (Å²) in [7, 11) is 0. The first kappa shape index (κ1) is 13.4. The average Bonchev–Trinajstić information content (AvgIpc) is 2.37. The molecule has 2 rings (SSSR count). The molecule has 0 radical (unpaired) electrons. The minimum atomic E-state index is -0.764.